The van der Waals surface area contributed by atoms with Crippen molar-refractivity contribution in [3.63, 3.8) is 0 Å². The highest BCUT2D eigenvalue weighted by atomic mass is 35.5. The summed E-state index contributed by atoms with van der Waals surface area (Å²) >= 11 is 5.92. The molecular weight excluding hydrogens is 376 g/mol. The molecule has 6 heteroatoms. The maximum atomic E-state index is 13.0. The number of amides is 3. The van der Waals surface area contributed by atoms with Crippen LogP contribution in [-0.2, 0) is 23.2 Å². The Bertz CT molecular complexity index is 939. The third-order valence-electron chi connectivity index (χ3n) is 5.26. The first-order valence-electron chi connectivity index (χ1n) is 9.35. The molecule has 0 radical (unpaired) electrons. The fourth-order valence-electron chi connectivity index (χ4n) is 3.46. The number of carbonyl (C=O) groups is 3. The second-order valence-electron chi connectivity index (χ2n) is 7.08. The highest BCUT2D eigenvalue weighted by molar-refractivity contribution is 6.30. The van der Waals surface area contributed by atoms with Gasteiger partial charge in [0.25, 0.3) is 5.91 Å². The normalized spacial score (nSPS) is 19.1. The molecule has 1 aliphatic heterocycles. The zero-order valence-corrected chi connectivity index (χ0v) is 17.0. The molecule has 28 heavy (non-hydrogen) atoms. The Kier molecular flexibility index (Phi) is 5.57. The summed E-state index contributed by atoms with van der Waals surface area (Å²) in [4.78, 5) is 39.5. The van der Waals surface area contributed by atoms with Gasteiger partial charge in [-0.25, -0.2) is 4.79 Å². The number of benzene rings is 2. The minimum absolute atomic E-state index is 0.240. The van der Waals surface area contributed by atoms with Gasteiger partial charge in [0, 0.05) is 10.6 Å². The molecule has 2 aromatic rings. The number of rotatable bonds is 6. The zero-order chi connectivity index (χ0) is 20.5. The predicted octanol–water partition coefficient (Wildman–Crippen LogP) is 4.11. The molecule has 3 rings (SSSR count). The van der Waals surface area contributed by atoms with Gasteiger partial charge in [-0.15, -0.1) is 0 Å². The number of urea groups is 1. The van der Waals surface area contributed by atoms with E-state index in [2.05, 4.69) is 5.32 Å². The summed E-state index contributed by atoms with van der Waals surface area (Å²) in [5, 5.41) is 3.26. The first kappa shape index (κ1) is 20.1. The third kappa shape index (κ3) is 3.54. The van der Waals surface area contributed by atoms with Gasteiger partial charge < -0.3 is 5.32 Å². The Morgan fingerprint density at radius 3 is 2.36 bits per heavy atom. The van der Waals surface area contributed by atoms with Crippen molar-refractivity contribution in [2.45, 2.75) is 39.2 Å². The van der Waals surface area contributed by atoms with E-state index >= 15 is 0 Å². The van der Waals surface area contributed by atoms with Crippen LogP contribution in [0.15, 0.2) is 42.5 Å². The lowest BCUT2D eigenvalue weighted by Gasteiger charge is -2.22. The monoisotopic (exact) mass is 398 g/mol. The third-order valence-corrected chi connectivity index (χ3v) is 5.51. The molecule has 1 saturated heterocycles. The fourth-order valence-corrected chi connectivity index (χ4v) is 3.59. The molecule has 1 N–H and O–H groups in total. The van der Waals surface area contributed by atoms with Gasteiger partial charge in [-0.05, 0) is 54.7 Å². The van der Waals surface area contributed by atoms with Crippen LogP contribution in [0.3, 0.4) is 0 Å². The molecule has 0 saturated carbocycles. The molecule has 0 bridgehead atoms. The largest absolute Gasteiger partial charge is 0.325 e. The molecule has 1 fully saturated rings. The van der Waals surface area contributed by atoms with Crippen LogP contribution in [0, 0.1) is 0 Å². The highest BCUT2D eigenvalue weighted by Gasteiger charge is 2.49. The Hall–Kier alpha value is -2.66. The molecule has 1 atom stereocenters. The van der Waals surface area contributed by atoms with E-state index in [0.29, 0.717) is 22.6 Å². The molecule has 0 aliphatic carbocycles. The number of carbonyl (C=O) groups excluding carboxylic acids is 3. The molecule has 1 heterocycles. The minimum Gasteiger partial charge on any atom is -0.319 e. The van der Waals surface area contributed by atoms with Gasteiger partial charge in [0.05, 0.1) is 6.54 Å². The van der Waals surface area contributed by atoms with Crippen molar-refractivity contribution < 1.29 is 14.4 Å². The Morgan fingerprint density at radius 2 is 1.75 bits per heavy atom. The van der Waals surface area contributed by atoms with E-state index in [1.54, 1.807) is 31.2 Å². The SMILES string of the molecule is CCc1ccc(CC)c(C(=O)CN2C(=O)NC(C)(c3ccc(Cl)cc3)C2=O)c1. The molecular formula is C22H23ClN2O3. The molecule has 1 aliphatic rings. The van der Waals surface area contributed by atoms with Gasteiger partial charge in [-0.3, -0.25) is 14.5 Å². The number of halogens is 1. The van der Waals surface area contributed by atoms with Gasteiger partial charge in [0.15, 0.2) is 5.78 Å². The number of nitrogens with one attached hydrogen (secondary N) is 1. The summed E-state index contributed by atoms with van der Waals surface area (Å²) in [6, 6.07) is 12.0. The Balaban J connectivity index is 1.87. The van der Waals surface area contributed by atoms with Gasteiger partial charge >= 0.3 is 6.03 Å². The van der Waals surface area contributed by atoms with Gasteiger partial charge in [-0.1, -0.05) is 49.7 Å². The molecule has 2 aromatic carbocycles. The Morgan fingerprint density at radius 1 is 1.07 bits per heavy atom. The van der Waals surface area contributed by atoms with E-state index in [1.807, 2.05) is 32.0 Å². The van der Waals surface area contributed by atoms with Crippen LogP contribution < -0.4 is 5.32 Å². The van der Waals surface area contributed by atoms with E-state index in [0.717, 1.165) is 22.4 Å². The van der Waals surface area contributed by atoms with E-state index < -0.39 is 17.5 Å². The molecule has 0 aromatic heterocycles. The number of imide groups is 1. The lowest BCUT2D eigenvalue weighted by molar-refractivity contribution is -0.130. The van der Waals surface area contributed by atoms with Crippen LogP contribution in [0.4, 0.5) is 4.79 Å². The molecule has 0 spiro atoms. The second kappa shape index (κ2) is 7.76. The first-order chi connectivity index (χ1) is 13.3. The maximum Gasteiger partial charge on any atom is 0.325 e. The van der Waals surface area contributed by atoms with Crippen LogP contribution in [0.2, 0.25) is 5.02 Å². The number of nitrogens with zero attached hydrogens (tertiary/aromatic N) is 1. The number of Topliss-reactive ketones (excluding diaryl/α,β-unsaturated/α-hetero) is 1. The zero-order valence-electron chi connectivity index (χ0n) is 16.2. The quantitative estimate of drug-likeness (QED) is 0.588. The molecule has 146 valence electrons. The minimum atomic E-state index is -1.22. The smallest absolute Gasteiger partial charge is 0.319 e. The van der Waals surface area contributed by atoms with Crippen molar-refractivity contribution in [2.24, 2.45) is 0 Å². The summed E-state index contributed by atoms with van der Waals surface area (Å²) in [7, 11) is 0. The van der Waals surface area contributed by atoms with Crippen molar-refractivity contribution in [3.05, 3.63) is 69.7 Å². The number of hydrogen-bond acceptors (Lipinski definition) is 3. The van der Waals surface area contributed by atoms with E-state index in [-0.39, 0.29) is 12.3 Å². The van der Waals surface area contributed by atoms with Crippen LogP contribution in [0.25, 0.3) is 0 Å². The number of aryl methyl sites for hydroxylation is 2. The lowest BCUT2D eigenvalue weighted by Crippen LogP contribution is -2.41. The standard InChI is InChI=1S/C22H23ClN2O3/c1-4-14-6-7-15(5-2)18(12-14)19(26)13-25-20(27)22(3,24-21(25)28)16-8-10-17(23)11-9-16/h6-12H,4-5,13H2,1-3H3,(H,24,28). The van der Waals surface area contributed by atoms with Crippen molar-refractivity contribution in [2.75, 3.05) is 6.54 Å². The van der Waals surface area contributed by atoms with Crippen molar-refractivity contribution >= 4 is 29.3 Å². The van der Waals surface area contributed by atoms with Crippen molar-refractivity contribution in [1.29, 1.82) is 0 Å². The summed E-state index contributed by atoms with van der Waals surface area (Å²) in [5.74, 6) is -0.686. The maximum absolute atomic E-state index is 13.0. The average Bonchev–Trinajstić information content (AvgIpc) is 2.91. The number of ketones is 1. The highest BCUT2D eigenvalue weighted by Crippen LogP contribution is 2.30. The Labute approximate surface area is 169 Å². The molecule has 1 unspecified atom stereocenters. The van der Waals surface area contributed by atoms with Crippen LogP contribution in [0.1, 0.15) is 47.8 Å². The number of hydrogen-bond donors (Lipinski definition) is 1. The van der Waals surface area contributed by atoms with Gasteiger partial charge in [0.1, 0.15) is 5.54 Å². The molecule has 5 nitrogen and oxygen atoms in total. The topological polar surface area (TPSA) is 66.5 Å². The van der Waals surface area contributed by atoms with Crippen molar-refractivity contribution in [3.8, 4) is 0 Å². The summed E-state index contributed by atoms with van der Waals surface area (Å²) < 4.78 is 0. The first-order valence-corrected chi connectivity index (χ1v) is 9.73. The second-order valence-corrected chi connectivity index (χ2v) is 7.51. The summed E-state index contributed by atoms with van der Waals surface area (Å²) in [6.07, 6.45) is 1.51. The average molecular weight is 399 g/mol. The summed E-state index contributed by atoms with van der Waals surface area (Å²) in [6.45, 7) is 5.34. The van der Waals surface area contributed by atoms with Gasteiger partial charge in [0.2, 0.25) is 0 Å². The van der Waals surface area contributed by atoms with Crippen molar-refractivity contribution in [1.82, 2.24) is 10.2 Å². The lowest BCUT2D eigenvalue weighted by atomic mass is 9.92. The molecule has 3 amide bonds. The predicted molar refractivity (Wildman–Crippen MR) is 109 cm³/mol. The van der Waals surface area contributed by atoms with Gasteiger partial charge in [-0.2, -0.15) is 0 Å². The van der Waals surface area contributed by atoms with E-state index in [9.17, 15) is 14.4 Å². The van der Waals surface area contributed by atoms with Crippen LogP contribution >= 0.6 is 11.6 Å². The van der Waals surface area contributed by atoms with Crippen LogP contribution in [-0.4, -0.2) is 29.2 Å². The fraction of sp³-hybridized carbons (Fsp3) is 0.318. The van der Waals surface area contributed by atoms with E-state index in [1.165, 1.54) is 0 Å². The van der Waals surface area contributed by atoms with Crippen LogP contribution in [0.5, 0.6) is 0 Å². The summed E-state index contributed by atoms with van der Waals surface area (Å²) in [5.41, 5.74) is 1.93. The van der Waals surface area contributed by atoms with E-state index in [4.69, 9.17) is 11.6 Å².